The molecule has 1 saturated heterocycles. The van der Waals surface area contributed by atoms with Gasteiger partial charge in [-0.2, -0.15) is 0 Å². The lowest BCUT2D eigenvalue weighted by Gasteiger charge is -2.12. The number of anilines is 1. The summed E-state index contributed by atoms with van der Waals surface area (Å²) < 4.78 is 11.2. The summed E-state index contributed by atoms with van der Waals surface area (Å²) in [6, 6.07) is 15.1. The molecular weight excluding hydrogens is 302 g/mol. The van der Waals surface area contributed by atoms with Gasteiger partial charge in [-0.3, -0.25) is 4.79 Å². The molecule has 2 aromatic rings. The summed E-state index contributed by atoms with van der Waals surface area (Å²) >= 11 is 0. The van der Waals surface area contributed by atoms with E-state index in [1.807, 2.05) is 30.3 Å². The molecule has 2 aromatic carbocycles. The summed E-state index contributed by atoms with van der Waals surface area (Å²) in [5.41, 5.74) is 2.63. The maximum atomic E-state index is 12.3. The van der Waals surface area contributed by atoms with Gasteiger partial charge < -0.3 is 14.8 Å². The predicted molar refractivity (Wildman–Crippen MR) is 94.7 cm³/mol. The number of ether oxygens (including phenoxy) is 2. The summed E-state index contributed by atoms with van der Waals surface area (Å²) in [7, 11) is 0. The van der Waals surface area contributed by atoms with Crippen LogP contribution < -0.4 is 10.1 Å². The Morgan fingerprint density at radius 1 is 1.25 bits per heavy atom. The number of hydrogen-bond acceptors (Lipinski definition) is 3. The Labute approximate surface area is 142 Å². The Bertz CT molecular complexity index is 676. The van der Waals surface area contributed by atoms with Crippen LogP contribution in [0.5, 0.6) is 5.75 Å². The summed E-state index contributed by atoms with van der Waals surface area (Å²) in [5.74, 6) is 0.643. The first-order valence-corrected chi connectivity index (χ1v) is 8.49. The number of carbonyl (C=O) groups is 1. The van der Waals surface area contributed by atoms with Crippen LogP contribution in [0.15, 0.2) is 48.5 Å². The molecule has 1 amide bonds. The number of rotatable bonds is 6. The molecule has 1 unspecified atom stereocenters. The van der Waals surface area contributed by atoms with Crippen LogP contribution in [0.3, 0.4) is 0 Å². The molecule has 3 rings (SSSR count). The van der Waals surface area contributed by atoms with Gasteiger partial charge in [-0.05, 0) is 61.2 Å². The SMILES string of the molecule is CCc1cccc(NC(=O)c2ccc(OCC3CCCO3)cc2)c1. The first kappa shape index (κ1) is 16.5. The zero-order chi connectivity index (χ0) is 16.8. The number of aryl methyl sites for hydroxylation is 1. The van der Waals surface area contributed by atoms with Gasteiger partial charge in [0.05, 0.1) is 6.10 Å². The van der Waals surface area contributed by atoms with Gasteiger partial charge in [-0.1, -0.05) is 19.1 Å². The van der Waals surface area contributed by atoms with Crippen LogP contribution >= 0.6 is 0 Å². The minimum atomic E-state index is -0.117. The van der Waals surface area contributed by atoms with Crippen LogP contribution in [0.1, 0.15) is 35.7 Å². The van der Waals surface area contributed by atoms with Gasteiger partial charge in [0, 0.05) is 17.9 Å². The minimum absolute atomic E-state index is 0.117. The van der Waals surface area contributed by atoms with Crippen molar-refractivity contribution in [2.24, 2.45) is 0 Å². The molecule has 1 heterocycles. The number of hydrogen-bond donors (Lipinski definition) is 1. The van der Waals surface area contributed by atoms with Crippen LogP contribution in [-0.2, 0) is 11.2 Å². The average molecular weight is 325 g/mol. The van der Waals surface area contributed by atoms with Crippen LogP contribution in [0.4, 0.5) is 5.69 Å². The summed E-state index contributed by atoms with van der Waals surface area (Å²) in [4.78, 5) is 12.3. The van der Waals surface area contributed by atoms with E-state index in [-0.39, 0.29) is 12.0 Å². The molecule has 1 atom stereocenters. The van der Waals surface area contributed by atoms with E-state index < -0.39 is 0 Å². The van der Waals surface area contributed by atoms with E-state index in [9.17, 15) is 4.79 Å². The fourth-order valence-electron chi connectivity index (χ4n) is 2.74. The van der Waals surface area contributed by atoms with E-state index in [2.05, 4.69) is 18.3 Å². The highest BCUT2D eigenvalue weighted by molar-refractivity contribution is 6.04. The Balaban J connectivity index is 1.56. The monoisotopic (exact) mass is 325 g/mol. The lowest BCUT2D eigenvalue weighted by molar-refractivity contribution is 0.0679. The van der Waals surface area contributed by atoms with Gasteiger partial charge in [0.1, 0.15) is 12.4 Å². The molecular formula is C20H23NO3. The highest BCUT2D eigenvalue weighted by Gasteiger charge is 2.16. The highest BCUT2D eigenvalue weighted by atomic mass is 16.5. The second-order valence-corrected chi connectivity index (χ2v) is 5.98. The molecule has 4 nitrogen and oxygen atoms in total. The van der Waals surface area contributed by atoms with Gasteiger partial charge in [-0.25, -0.2) is 0 Å². The van der Waals surface area contributed by atoms with Crippen LogP contribution in [0.25, 0.3) is 0 Å². The van der Waals surface area contributed by atoms with Crippen molar-refractivity contribution in [1.29, 1.82) is 0 Å². The predicted octanol–water partition coefficient (Wildman–Crippen LogP) is 4.06. The number of carbonyl (C=O) groups excluding carboxylic acids is 1. The van der Waals surface area contributed by atoms with E-state index in [1.54, 1.807) is 12.1 Å². The molecule has 1 N–H and O–H groups in total. The largest absolute Gasteiger partial charge is 0.491 e. The molecule has 0 spiro atoms. The summed E-state index contributed by atoms with van der Waals surface area (Å²) in [6.45, 7) is 3.48. The van der Waals surface area contributed by atoms with Gasteiger partial charge in [0.2, 0.25) is 0 Å². The molecule has 24 heavy (non-hydrogen) atoms. The average Bonchev–Trinajstić information content (AvgIpc) is 3.14. The maximum Gasteiger partial charge on any atom is 0.255 e. The molecule has 1 aliphatic heterocycles. The minimum Gasteiger partial charge on any atom is -0.491 e. The van der Waals surface area contributed by atoms with E-state index >= 15 is 0 Å². The van der Waals surface area contributed by atoms with E-state index in [0.29, 0.717) is 12.2 Å². The maximum absolute atomic E-state index is 12.3. The van der Waals surface area contributed by atoms with Gasteiger partial charge in [0.25, 0.3) is 5.91 Å². The number of benzene rings is 2. The van der Waals surface area contributed by atoms with Crippen molar-refractivity contribution < 1.29 is 14.3 Å². The smallest absolute Gasteiger partial charge is 0.255 e. The summed E-state index contributed by atoms with van der Waals surface area (Å²) in [5, 5.41) is 2.93. The molecule has 0 radical (unpaired) electrons. The molecule has 0 aromatic heterocycles. The third-order valence-corrected chi connectivity index (χ3v) is 4.17. The summed E-state index contributed by atoms with van der Waals surface area (Å²) in [6.07, 6.45) is 3.29. The van der Waals surface area contributed by atoms with E-state index in [1.165, 1.54) is 5.56 Å². The Morgan fingerprint density at radius 2 is 2.08 bits per heavy atom. The number of nitrogens with one attached hydrogen (secondary N) is 1. The zero-order valence-corrected chi connectivity index (χ0v) is 14.0. The lowest BCUT2D eigenvalue weighted by Crippen LogP contribution is -2.16. The third-order valence-electron chi connectivity index (χ3n) is 4.17. The van der Waals surface area contributed by atoms with Crippen molar-refractivity contribution in [3.63, 3.8) is 0 Å². The van der Waals surface area contributed by atoms with E-state index in [0.717, 1.165) is 37.3 Å². The van der Waals surface area contributed by atoms with Gasteiger partial charge >= 0.3 is 0 Å². The van der Waals surface area contributed by atoms with Crippen molar-refractivity contribution in [3.8, 4) is 5.75 Å². The van der Waals surface area contributed by atoms with Crippen molar-refractivity contribution >= 4 is 11.6 Å². The van der Waals surface area contributed by atoms with Crippen LogP contribution in [-0.4, -0.2) is 25.2 Å². The Morgan fingerprint density at radius 3 is 2.79 bits per heavy atom. The second-order valence-electron chi connectivity index (χ2n) is 5.98. The topological polar surface area (TPSA) is 47.6 Å². The molecule has 126 valence electrons. The van der Waals surface area contributed by atoms with Gasteiger partial charge in [0.15, 0.2) is 0 Å². The van der Waals surface area contributed by atoms with Crippen molar-refractivity contribution in [2.75, 3.05) is 18.5 Å². The Kier molecular flexibility index (Phi) is 5.49. The lowest BCUT2D eigenvalue weighted by atomic mass is 10.1. The molecule has 0 aliphatic carbocycles. The highest BCUT2D eigenvalue weighted by Crippen LogP contribution is 2.18. The normalized spacial score (nSPS) is 16.8. The van der Waals surface area contributed by atoms with Crippen molar-refractivity contribution in [2.45, 2.75) is 32.3 Å². The zero-order valence-electron chi connectivity index (χ0n) is 14.0. The van der Waals surface area contributed by atoms with Crippen LogP contribution in [0.2, 0.25) is 0 Å². The first-order chi connectivity index (χ1) is 11.7. The molecule has 0 bridgehead atoms. The molecule has 4 heteroatoms. The standard InChI is InChI=1S/C20H23NO3/c1-2-15-5-3-6-17(13-15)21-20(22)16-8-10-18(11-9-16)24-14-19-7-4-12-23-19/h3,5-6,8-11,13,19H,2,4,7,12,14H2,1H3,(H,21,22). The third kappa shape index (κ3) is 4.36. The number of amides is 1. The van der Waals surface area contributed by atoms with Crippen molar-refractivity contribution in [3.05, 3.63) is 59.7 Å². The molecule has 0 saturated carbocycles. The van der Waals surface area contributed by atoms with E-state index in [4.69, 9.17) is 9.47 Å². The van der Waals surface area contributed by atoms with Crippen LogP contribution in [0, 0.1) is 0 Å². The first-order valence-electron chi connectivity index (χ1n) is 8.49. The fourth-order valence-corrected chi connectivity index (χ4v) is 2.74. The van der Waals surface area contributed by atoms with Gasteiger partial charge in [-0.15, -0.1) is 0 Å². The quantitative estimate of drug-likeness (QED) is 0.871. The molecule has 1 aliphatic rings. The molecule has 1 fully saturated rings. The fraction of sp³-hybridized carbons (Fsp3) is 0.350. The second kappa shape index (κ2) is 7.97. The Hall–Kier alpha value is -2.33. The van der Waals surface area contributed by atoms with Crippen molar-refractivity contribution in [1.82, 2.24) is 0 Å².